The number of ether oxygens (including phenoxy) is 1. The highest BCUT2D eigenvalue weighted by atomic mass is 79.9. The van der Waals surface area contributed by atoms with Crippen molar-refractivity contribution in [1.82, 2.24) is 4.90 Å². The Labute approximate surface area is 130 Å². The van der Waals surface area contributed by atoms with Crippen LogP contribution in [0.15, 0.2) is 28.7 Å². The van der Waals surface area contributed by atoms with E-state index in [0.717, 1.165) is 42.7 Å². The molecule has 1 aromatic rings. The van der Waals surface area contributed by atoms with Crippen molar-refractivity contribution in [2.45, 2.75) is 38.4 Å². The zero-order chi connectivity index (χ0) is 14.4. The van der Waals surface area contributed by atoms with E-state index in [0.29, 0.717) is 6.10 Å². The minimum atomic E-state index is -0.397. The highest BCUT2D eigenvalue weighted by Gasteiger charge is 2.19. The monoisotopic (exact) mass is 341 g/mol. The number of hydrogen-bond donors (Lipinski definition) is 1. The van der Waals surface area contributed by atoms with Crippen LogP contribution < -0.4 is 0 Å². The predicted octanol–water partition coefficient (Wildman–Crippen LogP) is 3.37. The van der Waals surface area contributed by atoms with Crippen molar-refractivity contribution in [3.63, 3.8) is 0 Å². The van der Waals surface area contributed by atoms with Crippen LogP contribution in [0.25, 0.3) is 0 Å². The maximum Gasteiger partial charge on any atom is 0.0802 e. The molecule has 0 spiro atoms. The Balaban J connectivity index is 1.79. The largest absolute Gasteiger partial charge is 0.388 e. The summed E-state index contributed by atoms with van der Waals surface area (Å²) in [6.45, 7) is 5.97. The molecule has 0 amide bonds. The first-order valence-corrected chi connectivity index (χ1v) is 8.26. The van der Waals surface area contributed by atoms with Crippen molar-refractivity contribution in [2.75, 3.05) is 26.2 Å². The third-order valence-corrected chi connectivity index (χ3v) is 4.38. The molecule has 1 aliphatic rings. The van der Waals surface area contributed by atoms with E-state index in [1.807, 2.05) is 24.3 Å². The lowest BCUT2D eigenvalue weighted by Crippen LogP contribution is -2.33. The van der Waals surface area contributed by atoms with Gasteiger partial charge in [-0.15, -0.1) is 0 Å². The fraction of sp³-hybridized carbons (Fsp3) is 0.625. The van der Waals surface area contributed by atoms with E-state index >= 15 is 0 Å². The number of hydrogen-bond acceptors (Lipinski definition) is 3. The second kappa shape index (κ2) is 8.13. The fourth-order valence-electron chi connectivity index (χ4n) is 2.64. The molecule has 1 aromatic carbocycles. The Morgan fingerprint density at radius 1 is 1.50 bits per heavy atom. The van der Waals surface area contributed by atoms with Gasteiger partial charge in [0.05, 0.1) is 12.2 Å². The van der Waals surface area contributed by atoms with E-state index in [4.69, 9.17) is 4.74 Å². The fourth-order valence-corrected chi connectivity index (χ4v) is 3.06. The average Bonchev–Trinajstić information content (AvgIpc) is 2.96. The summed E-state index contributed by atoms with van der Waals surface area (Å²) in [5.74, 6) is 0. The third kappa shape index (κ3) is 4.85. The van der Waals surface area contributed by atoms with Crippen LogP contribution in [-0.4, -0.2) is 42.4 Å². The summed E-state index contributed by atoms with van der Waals surface area (Å²) in [6.07, 6.45) is 3.11. The normalized spacial score (nSPS) is 20.5. The van der Waals surface area contributed by atoms with Crippen molar-refractivity contribution < 1.29 is 9.84 Å². The molecule has 1 heterocycles. The van der Waals surface area contributed by atoms with Gasteiger partial charge in [-0.3, -0.25) is 0 Å². The SMILES string of the molecule is CCN(CCC(O)c1cccc(Br)c1)CC1CCCO1. The molecule has 2 rings (SSSR count). The zero-order valence-corrected chi connectivity index (χ0v) is 13.7. The molecule has 0 aliphatic carbocycles. The average molecular weight is 342 g/mol. The number of halogens is 1. The van der Waals surface area contributed by atoms with Crippen LogP contribution in [0, 0.1) is 0 Å². The van der Waals surface area contributed by atoms with Gasteiger partial charge in [-0.05, 0) is 43.5 Å². The van der Waals surface area contributed by atoms with Gasteiger partial charge in [0, 0.05) is 24.2 Å². The lowest BCUT2D eigenvalue weighted by Gasteiger charge is -2.24. The first-order chi connectivity index (χ1) is 9.69. The van der Waals surface area contributed by atoms with E-state index in [-0.39, 0.29) is 0 Å². The number of aliphatic hydroxyl groups is 1. The van der Waals surface area contributed by atoms with Gasteiger partial charge in [-0.2, -0.15) is 0 Å². The minimum Gasteiger partial charge on any atom is -0.388 e. The van der Waals surface area contributed by atoms with Crippen molar-refractivity contribution in [1.29, 1.82) is 0 Å². The number of nitrogens with zero attached hydrogens (tertiary/aromatic N) is 1. The van der Waals surface area contributed by atoms with Gasteiger partial charge >= 0.3 is 0 Å². The van der Waals surface area contributed by atoms with Crippen LogP contribution in [0.3, 0.4) is 0 Å². The number of likely N-dealkylation sites (N-methyl/N-ethyl adjacent to an activating group) is 1. The molecule has 1 N–H and O–H groups in total. The van der Waals surface area contributed by atoms with E-state index in [2.05, 4.69) is 27.8 Å². The lowest BCUT2D eigenvalue weighted by molar-refractivity contribution is 0.0669. The van der Waals surface area contributed by atoms with Gasteiger partial charge in [0.15, 0.2) is 0 Å². The predicted molar refractivity (Wildman–Crippen MR) is 84.8 cm³/mol. The molecule has 1 aliphatic heterocycles. The quantitative estimate of drug-likeness (QED) is 0.825. The Bertz CT molecular complexity index is 407. The van der Waals surface area contributed by atoms with Crippen LogP contribution in [-0.2, 0) is 4.74 Å². The first-order valence-electron chi connectivity index (χ1n) is 7.46. The van der Waals surface area contributed by atoms with Crippen LogP contribution in [0.5, 0.6) is 0 Å². The number of benzene rings is 1. The Hall–Kier alpha value is -0.420. The highest BCUT2D eigenvalue weighted by Crippen LogP contribution is 2.21. The summed E-state index contributed by atoms with van der Waals surface area (Å²) < 4.78 is 6.70. The summed E-state index contributed by atoms with van der Waals surface area (Å²) in [5, 5.41) is 10.3. The van der Waals surface area contributed by atoms with Crippen molar-refractivity contribution >= 4 is 15.9 Å². The lowest BCUT2D eigenvalue weighted by atomic mass is 10.1. The van der Waals surface area contributed by atoms with Gasteiger partial charge in [0.25, 0.3) is 0 Å². The standard InChI is InChI=1S/C16H24BrNO2/c1-2-18(12-15-7-4-10-20-15)9-8-16(19)13-5-3-6-14(17)11-13/h3,5-6,11,15-16,19H,2,4,7-10,12H2,1H3. The van der Waals surface area contributed by atoms with Crippen molar-refractivity contribution in [2.24, 2.45) is 0 Å². The van der Waals surface area contributed by atoms with Crippen molar-refractivity contribution in [3.05, 3.63) is 34.3 Å². The van der Waals surface area contributed by atoms with Crippen LogP contribution >= 0.6 is 15.9 Å². The molecule has 1 fully saturated rings. The molecular weight excluding hydrogens is 318 g/mol. The number of aliphatic hydroxyl groups excluding tert-OH is 1. The highest BCUT2D eigenvalue weighted by molar-refractivity contribution is 9.10. The maximum atomic E-state index is 10.3. The summed E-state index contributed by atoms with van der Waals surface area (Å²) in [7, 11) is 0. The van der Waals surface area contributed by atoms with Gasteiger partial charge in [-0.25, -0.2) is 0 Å². The molecule has 20 heavy (non-hydrogen) atoms. The summed E-state index contributed by atoms with van der Waals surface area (Å²) in [4.78, 5) is 2.37. The Morgan fingerprint density at radius 3 is 3.00 bits per heavy atom. The van der Waals surface area contributed by atoms with Gasteiger partial charge in [0.2, 0.25) is 0 Å². The summed E-state index contributed by atoms with van der Waals surface area (Å²) >= 11 is 3.44. The van der Waals surface area contributed by atoms with Gasteiger partial charge in [-0.1, -0.05) is 35.0 Å². The molecule has 4 heteroatoms. The van der Waals surface area contributed by atoms with E-state index in [9.17, 15) is 5.11 Å². The molecule has 0 aromatic heterocycles. The topological polar surface area (TPSA) is 32.7 Å². The molecule has 1 saturated heterocycles. The third-order valence-electron chi connectivity index (χ3n) is 3.89. The molecule has 0 saturated carbocycles. The van der Waals surface area contributed by atoms with E-state index < -0.39 is 6.10 Å². The molecule has 2 unspecified atom stereocenters. The molecule has 0 radical (unpaired) electrons. The smallest absolute Gasteiger partial charge is 0.0802 e. The van der Waals surface area contributed by atoms with Crippen LogP contribution in [0.1, 0.15) is 37.9 Å². The van der Waals surface area contributed by atoms with Crippen LogP contribution in [0.4, 0.5) is 0 Å². The summed E-state index contributed by atoms with van der Waals surface area (Å²) in [6, 6.07) is 7.91. The van der Waals surface area contributed by atoms with Crippen LogP contribution in [0.2, 0.25) is 0 Å². The number of rotatable bonds is 7. The van der Waals surface area contributed by atoms with E-state index in [1.54, 1.807) is 0 Å². The minimum absolute atomic E-state index is 0.387. The molecule has 3 nitrogen and oxygen atoms in total. The van der Waals surface area contributed by atoms with Crippen molar-refractivity contribution in [3.8, 4) is 0 Å². The zero-order valence-electron chi connectivity index (χ0n) is 12.1. The molecule has 2 atom stereocenters. The summed E-state index contributed by atoms with van der Waals surface area (Å²) in [5.41, 5.74) is 0.979. The molecular formula is C16H24BrNO2. The second-order valence-electron chi connectivity index (χ2n) is 5.39. The van der Waals surface area contributed by atoms with Gasteiger partial charge < -0.3 is 14.7 Å². The Morgan fingerprint density at radius 2 is 2.35 bits per heavy atom. The van der Waals surface area contributed by atoms with Gasteiger partial charge in [0.1, 0.15) is 0 Å². The maximum absolute atomic E-state index is 10.3. The first kappa shape index (κ1) is 16.0. The molecule has 112 valence electrons. The second-order valence-corrected chi connectivity index (χ2v) is 6.30. The Kier molecular flexibility index (Phi) is 6.49. The molecule has 0 bridgehead atoms. The van der Waals surface area contributed by atoms with E-state index in [1.165, 1.54) is 12.8 Å².